The third-order valence-electron chi connectivity index (χ3n) is 7.20. The second kappa shape index (κ2) is 10.7. The number of aromatic nitrogens is 4. The first-order chi connectivity index (χ1) is 18.4. The maximum Gasteiger partial charge on any atom is 0.323 e. The minimum absolute atomic E-state index is 0.119. The molecular weight excluding hydrogens is 484 g/mol. The highest BCUT2D eigenvalue weighted by atomic mass is 16.5. The molecule has 3 aromatic rings. The van der Waals surface area contributed by atoms with E-state index in [1.54, 1.807) is 18.0 Å². The average Bonchev–Trinajstić information content (AvgIpc) is 3.50. The number of aromatic amines is 1. The Kier molecular flexibility index (Phi) is 7.23. The number of fused-ring (bicyclic) bond motifs is 1. The lowest BCUT2D eigenvalue weighted by Crippen LogP contribution is -2.48. The Labute approximate surface area is 222 Å². The summed E-state index contributed by atoms with van der Waals surface area (Å²) >= 11 is 0. The van der Waals surface area contributed by atoms with Gasteiger partial charge in [-0.05, 0) is 58.5 Å². The van der Waals surface area contributed by atoms with Crippen LogP contribution in [0, 0.1) is 0 Å². The van der Waals surface area contributed by atoms with Crippen molar-refractivity contribution in [3.8, 4) is 5.88 Å². The number of aliphatic imine (C=N–C) groups is 1. The van der Waals surface area contributed by atoms with Crippen LogP contribution in [0.4, 0.5) is 16.3 Å². The average molecular weight is 521 g/mol. The SMILES string of the molecule is CCN(C(=O)Nc1nccc2c(C3=C(C)C=NC(Nc4cn(C)nc4OC)N3)c[nH]c12)C1CCN(C)CC1. The summed E-state index contributed by atoms with van der Waals surface area (Å²) in [6, 6.07) is 2.06. The largest absolute Gasteiger partial charge is 0.478 e. The van der Waals surface area contributed by atoms with Crippen molar-refractivity contribution in [3.63, 3.8) is 0 Å². The normalized spacial score (nSPS) is 18.5. The predicted molar refractivity (Wildman–Crippen MR) is 149 cm³/mol. The van der Waals surface area contributed by atoms with Crippen LogP contribution >= 0.6 is 0 Å². The van der Waals surface area contributed by atoms with Crippen LogP contribution in [0.1, 0.15) is 32.3 Å². The highest BCUT2D eigenvalue weighted by molar-refractivity contribution is 6.04. The molecule has 0 aromatic carbocycles. The summed E-state index contributed by atoms with van der Waals surface area (Å²) in [6.07, 6.45) is 8.89. The van der Waals surface area contributed by atoms with Crippen molar-refractivity contribution in [3.05, 3.63) is 35.8 Å². The fourth-order valence-corrected chi connectivity index (χ4v) is 5.17. The van der Waals surface area contributed by atoms with Gasteiger partial charge in [0.15, 0.2) is 12.1 Å². The number of nitrogens with one attached hydrogen (secondary N) is 4. The molecule has 2 aliphatic heterocycles. The Morgan fingerprint density at radius 2 is 2.08 bits per heavy atom. The fourth-order valence-electron chi connectivity index (χ4n) is 5.17. The number of methoxy groups -OCH3 is 1. The Balaban J connectivity index is 1.35. The molecule has 5 heterocycles. The number of carbonyl (C=O) groups is 1. The number of aryl methyl sites for hydroxylation is 1. The predicted octanol–water partition coefficient (Wildman–Crippen LogP) is 3.05. The fraction of sp³-hybridized carbons (Fsp3) is 0.462. The monoisotopic (exact) mass is 520 g/mol. The number of allylic oxidation sites excluding steroid dienone is 1. The van der Waals surface area contributed by atoms with E-state index >= 15 is 0 Å². The smallest absolute Gasteiger partial charge is 0.323 e. The van der Waals surface area contributed by atoms with Gasteiger partial charge in [-0.2, -0.15) is 0 Å². The molecule has 0 aliphatic carbocycles. The second-order valence-corrected chi connectivity index (χ2v) is 9.79. The zero-order valence-corrected chi connectivity index (χ0v) is 22.6. The number of hydrogen-bond donors (Lipinski definition) is 4. The van der Waals surface area contributed by atoms with Gasteiger partial charge < -0.3 is 30.2 Å². The van der Waals surface area contributed by atoms with Gasteiger partial charge in [-0.25, -0.2) is 14.8 Å². The van der Waals surface area contributed by atoms with Crippen LogP contribution in [0.3, 0.4) is 0 Å². The van der Waals surface area contributed by atoms with Gasteiger partial charge in [-0.15, -0.1) is 5.10 Å². The molecule has 0 bridgehead atoms. The number of ether oxygens (including phenoxy) is 1. The second-order valence-electron chi connectivity index (χ2n) is 9.79. The number of anilines is 2. The van der Waals surface area contributed by atoms with Gasteiger partial charge in [0.05, 0.1) is 24.5 Å². The van der Waals surface area contributed by atoms with E-state index in [1.165, 1.54) is 0 Å². The molecule has 202 valence electrons. The minimum atomic E-state index is -0.412. The van der Waals surface area contributed by atoms with Gasteiger partial charge in [0.1, 0.15) is 5.69 Å². The molecule has 38 heavy (non-hydrogen) atoms. The Bertz CT molecular complexity index is 1370. The van der Waals surface area contributed by atoms with Crippen LogP contribution in [-0.4, -0.2) is 87.9 Å². The summed E-state index contributed by atoms with van der Waals surface area (Å²) in [5.41, 5.74) is 4.40. The number of hydrogen-bond acceptors (Lipinski definition) is 8. The zero-order chi connectivity index (χ0) is 26.8. The van der Waals surface area contributed by atoms with Gasteiger partial charge in [0.25, 0.3) is 5.88 Å². The lowest BCUT2D eigenvalue weighted by molar-refractivity contribution is 0.143. The molecule has 1 atom stereocenters. The van der Waals surface area contributed by atoms with E-state index in [9.17, 15) is 4.79 Å². The third-order valence-corrected chi connectivity index (χ3v) is 7.20. The van der Waals surface area contributed by atoms with E-state index in [-0.39, 0.29) is 12.1 Å². The highest BCUT2D eigenvalue weighted by Crippen LogP contribution is 2.31. The summed E-state index contributed by atoms with van der Waals surface area (Å²) in [5, 5.41) is 15.1. The lowest BCUT2D eigenvalue weighted by Gasteiger charge is -2.36. The number of rotatable bonds is 7. The zero-order valence-electron chi connectivity index (χ0n) is 22.6. The van der Waals surface area contributed by atoms with Crippen LogP contribution in [0.5, 0.6) is 5.88 Å². The summed E-state index contributed by atoms with van der Waals surface area (Å²) in [4.78, 5) is 29.9. The van der Waals surface area contributed by atoms with E-state index in [2.05, 4.69) is 48.0 Å². The lowest BCUT2D eigenvalue weighted by atomic mass is 10.0. The molecule has 12 nitrogen and oxygen atoms in total. The maximum absolute atomic E-state index is 13.3. The van der Waals surface area contributed by atoms with Crippen molar-refractivity contribution >= 4 is 40.4 Å². The number of H-pyrrole nitrogens is 1. The Hall–Kier alpha value is -4.06. The quantitative estimate of drug-likeness (QED) is 0.377. The molecule has 0 spiro atoms. The molecule has 12 heteroatoms. The van der Waals surface area contributed by atoms with Crippen molar-refractivity contribution in [2.45, 2.75) is 39.0 Å². The molecule has 1 unspecified atom stereocenters. The number of urea groups is 1. The highest BCUT2D eigenvalue weighted by Gasteiger charge is 2.27. The number of likely N-dealkylation sites (tertiary alicyclic amines) is 1. The van der Waals surface area contributed by atoms with E-state index in [4.69, 9.17) is 4.74 Å². The van der Waals surface area contributed by atoms with Gasteiger partial charge in [-0.1, -0.05) is 0 Å². The van der Waals surface area contributed by atoms with Gasteiger partial charge >= 0.3 is 6.03 Å². The number of carbonyl (C=O) groups excluding carboxylic acids is 1. The van der Waals surface area contributed by atoms with Crippen LogP contribution < -0.4 is 20.7 Å². The summed E-state index contributed by atoms with van der Waals surface area (Å²) in [5.74, 6) is 1.01. The van der Waals surface area contributed by atoms with Crippen LogP contribution in [0.2, 0.25) is 0 Å². The molecule has 2 aliphatic rings. The van der Waals surface area contributed by atoms with Crippen molar-refractivity contribution in [1.82, 2.24) is 34.9 Å². The molecule has 2 amide bonds. The van der Waals surface area contributed by atoms with Crippen LogP contribution in [0.15, 0.2) is 35.2 Å². The number of amides is 2. The maximum atomic E-state index is 13.3. The molecule has 1 saturated heterocycles. The Morgan fingerprint density at radius 1 is 1.29 bits per heavy atom. The van der Waals surface area contributed by atoms with E-state index < -0.39 is 6.29 Å². The van der Waals surface area contributed by atoms with Gasteiger partial charge in [0.2, 0.25) is 0 Å². The molecule has 3 aromatic heterocycles. The number of pyridine rings is 1. The first-order valence-corrected chi connectivity index (χ1v) is 12.9. The van der Waals surface area contributed by atoms with Crippen LogP contribution in [0.25, 0.3) is 16.6 Å². The first kappa shape index (κ1) is 25.6. The topological polar surface area (TPSA) is 128 Å². The molecule has 0 radical (unpaired) electrons. The standard InChI is InChI=1S/C26H36N10O2/c1-6-36(17-8-11-34(3)12-9-17)26(37)32-23-22-18(7-10-27-23)19(14-28-22)21-16(2)13-29-25(31-21)30-20-15-35(4)33-24(20)38-5/h7,10,13-15,17,25,28,30-31H,6,8-9,11-12H2,1-5H3,(H,27,32,37). The van der Waals surface area contributed by atoms with Crippen molar-refractivity contribution in [2.75, 3.05) is 44.4 Å². The molecule has 4 N–H and O–H groups in total. The number of nitrogens with zero attached hydrogens (tertiary/aromatic N) is 6. The van der Waals surface area contributed by atoms with Gasteiger partial charge in [0, 0.05) is 49.2 Å². The van der Waals surface area contributed by atoms with Gasteiger partial charge in [-0.3, -0.25) is 10.00 Å². The van der Waals surface area contributed by atoms with Crippen molar-refractivity contribution in [2.24, 2.45) is 12.0 Å². The first-order valence-electron chi connectivity index (χ1n) is 12.9. The third kappa shape index (κ3) is 5.03. The van der Waals surface area contributed by atoms with Crippen molar-refractivity contribution < 1.29 is 9.53 Å². The molecule has 5 rings (SSSR count). The molecule has 0 saturated carbocycles. The van der Waals surface area contributed by atoms with E-state index in [0.29, 0.717) is 18.2 Å². The van der Waals surface area contributed by atoms with E-state index in [0.717, 1.165) is 59.4 Å². The van der Waals surface area contributed by atoms with Crippen molar-refractivity contribution in [1.29, 1.82) is 0 Å². The molecular formula is C26H36N10O2. The van der Waals surface area contributed by atoms with E-state index in [1.807, 2.05) is 50.5 Å². The molecule has 1 fully saturated rings. The minimum Gasteiger partial charge on any atom is -0.478 e. The summed E-state index contributed by atoms with van der Waals surface area (Å²) < 4.78 is 7.05. The number of piperidine rings is 1. The van der Waals surface area contributed by atoms with Crippen LogP contribution in [-0.2, 0) is 7.05 Å². The summed E-state index contributed by atoms with van der Waals surface area (Å²) in [6.45, 7) is 6.68. The summed E-state index contributed by atoms with van der Waals surface area (Å²) in [7, 11) is 5.55. The Morgan fingerprint density at radius 3 is 2.82 bits per heavy atom.